The highest BCUT2D eigenvalue weighted by Gasteiger charge is 2.13. The lowest BCUT2D eigenvalue weighted by Gasteiger charge is -2.20. The molecule has 2 rings (SSSR count). The number of nitrogens with zero attached hydrogens (tertiary/aromatic N) is 1. The molecule has 0 heterocycles. The van der Waals surface area contributed by atoms with E-state index < -0.39 is 0 Å². The second kappa shape index (κ2) is 8.80. The molecule has 0 bridgehead atoms. The quantitative estimate of drug-likeness (QED) is 0.761. The zero-order valence-corrected chi connectivity index (χ0v) is 16.0. The van der Waals surface area contributed by atoms with Crippen molar-refractivity contribution in [1.82, 2.24) is 10.2 Å². The average molecular weight is 407 g/mol. The van der Waals surface area contributed by atoms with E-state index in [2.05, 4.69) is 21.2 Å². The predicted molar refractivity (Wildman–Crippen MR) is 103 cm³/mol. The maximum absolute atomic E-state index is 12.3. The molecule has 0 spiro atoms. The van der Waals surface area contributed by atoms with Gasteiger partial charge in [0.15, 0.2) is 5.11 Å². The molecule has 1 amide bonds. The van der Waals surface area contributed by atoms with Gasteiger partial charge in [0.2, 0.25) is 0 Å². The first kappa shape index (κ1) is 18.4. The Morgan fingerprint density at radius 1 is 1.25 bits per heavy atom. The average Bonchev–Trinajstić information content (AvgIpc) is 2.57. The van der Waals surface area contributed by atoms with Crippen molar-refractivity contribution < 1.29 is 9.53 Å². The van der Waals surface area contributed by atoms with Crippen LogP contribution in [-0.4, -0.2) is 29.6 Å². The molecular weight excluding hydrogens is 388 g/mol. The fourth-order valence-electron chi connectivity index (χ4n) is 2.11. The van der Waals surface area contributed by atoms with Crippen LogP contribution in [0.5, 0.6) is 5.75 Å². The van der Waals surface area contributed by atoms with E-state index in [1.165, 1.54) is 0 Å². The Balaban J connectivity index is 1.98. The molecule has 2 aromatic rings. The Morgan fingerprint density at radius 3 is 2.58 bits per heavy atom. The van der Waals surface area contributed by atoms with Crippen molar-refractivity contribution in [3.8, 4) is 5.75 Å². The maximum Gasteiger partial charge on any atom is 0.257 e. The largest absolute Gasteiger partial charge is 0.493 e. The van der Waals surface area contributed by atoms with Gasteiger partial charge in [-0.05, 0) is 58.8 Å². The number of hydrogen-bond acceptors (Lipinski definition) is 3. The molecule has 0 atom stereocenters. The Hall–Kier alpha value is -1.92. The molecule has 126 valence electrons. The molecule has 2 aromatic carbocycles. The smallest absolute Gasteiger partial charge is 0.257 e. The predicted octanol–water partition coefficient (Wildman–Crippen LogP) is 3.99. The van der Waals surface area contributed by atoms with Crippen molar-refractivity contribution in [2.75, 3.05) is 13.7 Å². The number of rotatable bonds is 5. The molecule has 0 aliphatic rings. The Morgan fingerprint density at radius 2 is 1.96 bits per heavy atom. The van der Waals surface area contributed by atoms with Gasteiger partial charge in [-0.3, -0.25) is 10.1 Å². The number of carbonyl (C=O) groups excluding carboxylic acids is 1. The molecule has 0 saturated heterocycles. The van der Waals surface area contributed by atoms with E-state index in [9.17, 15) is 4.79 Å². The normalized spacial score (nSPS) is 10.1. The molecule has 0 fully saturated rings. The van der Waals surface area contributed by atoms with E-state index in [1.54, 1.807) is 18.2 Å². The number of thiocarbonyl (C=S) groups is 1. The van der Waals surface area contributed by atoms with Crippen LogP contribution >= 0.6 is 28.1 Å². The third-order valence-corrected chi connectivity index (χ3v) is 4.36. The monoisotopic (exact) mass is 406 g/mol. The highest BCUT2D eigenvalue weighted by molar-refractivity contribution is 9.10. The van der Waals surface area contributed by atoms with E-state index >= 15 is 0 Å². The van der Waals surface area contributed by atoms with Crippen molar-refractivity contribution in [1.29, 1.82) is 0 Å². The summed E-state index contributed by atoms with van der Waals surface area (Å²) in [7, 11) is 1.85. The minimum atomic E-state index is -0.247. The Bertz CT molecular complexity index is 722. The van der Waals surface area contributed by atoms with Gasteiger partial charge >= 0.3 is 0 Å². The second-order valence-corrected chi connectivity index (χ2v) is 6.42. The summed E-state index contributed by atoms with van der Waals surface area (Å²) < 4.78 is 6.18. The van der Waals surface area contributed by atoms with Crippen LogP contribution in [0.1, 0.15) is 22.8 Å². The molecule has 0 radical (unpaired) electrons. The molecule has 4 nitrogen and oxygen atoms in total. The summed E-state index contributed by atoms with van der Waals surface area (Å²) in [4.78, 5) is 14.2. The number of hydrogen-bond donors (Lipinski definition) is 1. The molecule has 1 N–H and O–H groups in total. The van der Waals surface area contributed by atoms with E-state index in [4.69, 9.17) is 17.0 Å². The number of carbonyl (C=O) groups is 1. The molecular formula is C18H19BrN2O2S. The lowest BCUT2D eigenvalue weighted by molar-refractivity contribution is 0.0973. The van der Waals surface area contributed by atoms with Crippen LogP contribution in [-0.2, 0) is 6.54 Å². The van der Waals surface area contributed by atoms with E-state index in [0.29, 0.717) is 29.6 Å². The van der Waals surface area contributed by atoms with Crippen LogP contribution < -0.4 is 10.1 Å². The van der Waals surface area contributed by atoms with Gasteiger partial charge in [-0.1, -0.05) is 30.3 Å². The first-order chi connectivity index (χ1) is 11.5. The lowest BCUT2D eigenvalue weighted by atomic mass is 10.2. The lowest BCUT2D eigenvalue weighted by Crippen LogP contribution is -2.40. The van der Waals surface area contributed by atoms with Crippen LogP contribution in [0.25, 0.3) is 0 Å². The molecule has 0 aliphatic heterocycles. The van der Waals surface area contributed by atoms with E-state index in [0.717, 1.165) is 10.0 Å². The Labute approximate surface area is 155 Å². The molecule has 0 aliphatic carbocycles. The van der Waals surface area contributed by atoms with Crippen molar-refractivity contribution >= 4 is 39.2 Å². The number of ether oxygens (including phenoxy) is 1. The number of halogens is 1. The second-order valence-electron chi connectivity index (χ2n) is 5.18. The highest BCUT2D eigenvalue weighted by atomic mass is 79.9. The zero-order valence-electron chi connectivity index (χ0n) is 13.6. The van der Waals surface area contributed by atoms with Gasteiger partial charge in [-0.15, -0.1) is 0 Å². The fraction of sp³-hybridized carbons (Fsp3) is 0.222. The standard InChI is InChI=1S/C18H19BrN2O2S/c1-3-23-16-10-9-14(11-15(16)19)17(22)20-18(24)21(2)12-13-7-5-4-6-8-13/h4-11H,3,12H2,1-2H3,(H,20,22,24). The van der Waals surface area contributed by atoms with Crippen LogP contribution in [0, 0.1) is 0 Å². The first-order valence-corrected chi connectivity index (χ1v) is 8.74. The third kappa shape index (κ3) is 5.04. The molecule has 0 unspecified atom stereocenters. The topological polar surface area (TPSA) is 41.6 Å². The molecule has 6 heteroatoms. The summed E-state index contributed by atoms with van der Waals surface area (Å²) in [5.41, 5.74) is 1.64. The minimum Gasteiger partial charge on any atom is -0.493 e. The summed E-state index contributed by atoms with van der Waals surface area (Å²) in [6.07, 6.45) is 0. The summed E-state index contributed by atoms with van der Waals surface area (Å²) in [5, 5.41) is 3.13. The van der Waals surface area contributed by atoms with Gasteiger partial charge in [0.1, 0.15) is 5.75 Å². The number of amides is 1. The van der Waals surface area contributed by atoms with Crippen molar-refractivity contribution in [2.45, 2.75) is 13.5 Å². The summed E-state index contributed by atoms with van der Waals surface area (Å²) in [6, 6.07) is 15.1. The van der Waals surface area contributed by atoms with E-state index in [1.807, 2.05) is 49.2 Å². The first-order valence-electron chi connectivity index (χ1n) is 7.54. The van der Waals surface area contributed by atoms with Gasteiger partial charge in [-0.2, -0.15) is 0 Å². The van der Waals surface area contributed by atoms with Crippen LogP contribution in [0.15, 0.2) is 53.0 Å². The van der Waals surface area contributed by atoms with Crippen molar-refractivity contribution in [3.05, 3.63) is 64.1 Å². The maximum atomic E-state index is 12.3. The summed E-state index contributed by atoms with van der Waals surface area (Å²) >= 11 is 8.72. The van der Waals surface area contributed by atoms with Crippen molar-refractivity contribution in [3.63, 3.8) is 0 Å². The minimum absolute atomic E-state index is 0.247. The van der Waals surface area contributed by atoms with Crippen LogP contribution in [0.2, 0.25) is 0 Å². The fourth-order valence-corrected chi connectivity index (χ4v) is 2.76. The summed E-state index contributed by atoms with van der Waals surface area (Å²) in [6.45, 7) is 3.11. The van der Waals surface area contributed by atoms with Gasteiger partial charge in [0.05, 0.1) is 11.1 Å². The third-order valence-electron chi connectivity index (χ3n) is 3.32. The zero-order chi connectivity index (χ0) is 17.5. The van der Waals surface area contributed by atoms with E-state index in [-0.39, 0.29) is 5.91 Å². The van der Waals surface area contributed by atoms with Gasteiger partial charge < -0.3 is 9.64 Å². The van der Waals surface area contributed by atoms with Crippen LogP contribution in [0.3, 0.4) is 0 Å². The van der Waals surface area contributed by atoms with Gasteiger partial charge in [0.25, 0.3) is 5.91 Å². The molecule has 0 saturated carbocycles. The summed E-state index contributed by atoms with van der Waals surface area (Å²) in [5.74, 6) is 0.460. The van der Waals surface area contributed by atoms with Gasteiger partial charge in [0, 0.05) is 19.2 Å². The SMILES string of the molecule is CCOc1ccc(C(=O)NC(=S)N(C)Cc2ccccc2)cc1Br. The van der Waals surface area contributed by atoms with Gasteiger partial charge in [-0.25, -0.2) is 0 Å². The Kier molecular flexibility index (Phi) is 6.75. The molecule has 24 heavy (non-hydrogen) atoms. The number of nitrogens with one attached hydrogen (secondary N) is 1. The highest BCUT2D eigenvalue weighted by Crippen LogP contribution is 2.26. The molecule has 0 aromatic heterocycles. The van der Waals surface area contributed by atoms with Crippen LogP contribution in [0.4, 0.5) is 0 Å². The number of benzene rings is 2. The van der Waals surface area contributed by atoms with Crippen molar-refractivity contribution in [2.24, 2.45) is 0 Å².